The number of halogens is 3. The van der Waals surface area contributed by atoms with Crippen LogP contribution in [0.15, 0.2) is 42.6 Å². The molecule has 1 N–H and O–H groups in total. The minimum absolute atomic E-state index is 0.568. The lowest BCUT2D eigenvalue weighted by molar-refractivity contribution is -0.137. The first-order valence-corrected chi connectivity index (χ1v) is 5.69. The Morgan fingerprint density at radius 3 is 2.11 bits per heavy atom. The largest absolute Gasteiger partial charge is 0.416 e. The highest BCUT2D eigenvalue weighted by atomic mass is 19.4. The van der Waals surface area contributed by atoms with Crippen molar-refractivity contribution in [1.82, 2.24) is 4.98 Å². The van der Waals surface area contributed by atoms with Gasteiger partial charge in [-0.05, 0) is 30.7 Å². The van der Waals surface area contributed by atoms with Crippen LogP contribution in [0.5, 0.6) is 0 Å². The van der Waals surface area contributed by atoms with Crippen molar-refractivity contribution in [1.29, 1.82) is 0 Å². The summed E-state index contributed by atoms with van der Waals surface area (Å²) in [6.07, 6.45) is -3.44. The third-order valence-corrected chi connectivity index (χ3v) is 2.78. The zero-order valence-corrected chi connectivity index (χ0v) is 10.1. The van der Waals surface area contributed by atoms with Gasteiger partial charge in [0.15, 0.2) is 0 Å². The van der Waals surface area contributed by atoms with Gasteiger partial charge in [-0.25, -0.2) is 0 Å². The van der Waals surface area contributed by atoms with Crippen LogP contribution >= 0.6 is 0 Å². The fourth-order valence-electron chi connectivity index (χ4n) is 1.65. The molecule has 2 rings (SSSR count). The van der Waals surface area contributed by atoms with Gasteiger partial charge in [-0.15, -0.1) is 0 Å². The molecule has 0 aliphatic rings. The predicted octanol–water partition coefficient (Wildman–Crippen LogP) is 3.82. The fourth-order valence-corrected chi connectivity index (χ4v) is 1.65. The summed E-state index contributed by atoms with van der Waals surface area (Å²) in [6, 6.07) is 8.19. The Hall–Kier alpha value is -1.88. The van der Waals surface area contributed by atoms with E-state index in [2.05, 4.69) is 4.98 Å². The Balaban J connectivity index is 2.27. The van der Waals surface area contributed by atoms with Crippen LogP contribution in [0.3, 0.4) is 0 Å². The topological polar surface area (TPSA) is 33.1 Å². The molecule has 2 nitrogen and oxygen atoms in total. The Kier molecular flexibility index (Phi) is 3.57. The highest BCUT2D eigenvalue weighted by Crippen LogP contribution is 2.30. The monoisotopic (exact) mass is 267 g/mol. The van der Waals surface area contributed by atoms with Crippen LogP contribution in [0.4, 0.5) is 13.2 Å². The first kappa shape index (κ1) is 13.5. The highest BCUT2D eigenvalue weighted by Gasteiger charge is 2.29. The summed E-state index contributed by atoms with van der Waals surface area (Å²) in [5.74, 6) is 0. The molecule has 0 saturated carbocycles. The maximum absolute atomic E-state index is 12.4. The average Bonchev–Trinajstić information content (AvgIpc) is 2.38. The Labute approximate surface area is 108 Å². The summed E-state index contributed by atoms with van der Waals surface area (Å²) in [5.41, 5.74) is 1.15. The normalized spacial score (nSPS) is 13.3. The second-order valence-corrected chi connectivity index (χ2v) is 4.23. The van der Waals surface area contributed by atoms with Gasteiger partial charge in [-0.3, -0.25) is 4.98 Å². The number of hydrogen-bond acceptors (Lipinski definition) is 2. The van der Waals surface area contributed by atoms with Crippen LogP contribution < -0.4 is 0 Å². The fraction of sp³-hybridized carbons (Fsp3) is 0.214. The van der Waals surface area contributed by atoms with E-state index in [1.54, 1.807) is 19.1 Å². The lowest BCUT2D eigenvalue weighted by Crippen LogP contribution is -2.04. The molecule has 19 heavy (non-hydrogen) atoms. The standard InChI is InChI=1S/C14H12F3NO/c1-9(19)11-4-7-13(18-8-11)10-2-5-12(6-3-10)14(15,16)17/h2-9,19H,1H3/t9-/m0/s1. The molecule has 100 valence electrons. The highest BCUT2D eigenvalue weighted by molar-refractivity contribution is 5.59. The van der Waals surface area contributed by atoms with E-state index in [0.29, 0.717) is 16.8 Å². The van der Waals surface area contributed by atoms with Crippen molar-refractivity contribution in [2.75, 3.05) is 0 Å². The molecule has 0 fully saturated rings. The van der Waals surface area contributed by atoms with Gasteiger partial charge in [-0.1, -0.05) is 18.2 Å². The van der Waals surface area contributed by atoms with Crippen molar-refractivity contribution < 1.29 is 18.3 Å². The number of pyridine rings is 1. The summed E-state index contributed by atoms with van der Waals surface area (Å²) >= 11 is 0. The molecule has 2 aromatic rings. The smallest absolute Gasteiger partial charge is 0.389 e. The van der Waals surface area contributed by atoms with Crippen LogP contribution in [-0.2, 0) is 6.18 Å². The van der Waals surface area contributed by atoms with Gasteiger partial charge in [0.25, 0.3) is 0 Å². The van der Waals surface area contributed by atoms with E-state index in [9.17, 15) is 18.3 Å². The Bertz CT molecular complexity index is 544. The van der Waals surface area contributed by atoms with Crippen molar-refractivity contribution in [2.24, 2.45) is 0 Å². The molecule has 0 spiro atoms. The molecule has 0 radical (unpaired) electrons. The first-order chi connectivity index (χ1) is 8.88. The Morgan fingerprint density at radius 2 is 1.68 bits per heavy atom. The van der Waals surface area contributed by atoms with Crippen LogP contribution in [-0.4, -0.2) is 10.1 Å². The molecule has 0 amide bonds. The van der Waals surface area contributed by atoms with Crippen LogP contribution in [0.25, 0.3) is 11.3 Å². The van der Waals surface area contributed by atoms with E-state index < -0.39 is 17.8 Å². The van der Waals surface area contributed by atoms with Crippen LogP contribution in [0, 0.1) is 0 Å². The third-order valence-electron chi connectivity index (χ3n) is 2.78. The molecule has 0 bridgehead atoms. The quantitative estimate of drug-likeness (QED) is 0.897. The van der Waals surface area contributed by atoms with Crippen LogP contribution in [0.2, 0.25) is 0 Å². The maximum atomic E-state index is 12.4. The molecule has 0 aliphatic heterocycles. The molecule has 1 aromatic carbocycles. The molecule has 1 heterocycles. The Morgan fingerprint density at radius 1 is 1.05 bits per heavy atom. The van der Waals surface area contributed by atoms with E-state index in [1.807, 2.05) is 0 Å². The molecule has 5 heteroatoms. The van der Waals surface area contributed by atoms with Crippen molar-refractivity contribution in [3.63, 3.8) is 0 Å². The summed E-state index contributed by atoms with van der Waals surface area (Å²) in [5, 5.41) is 9.35. The second-order valence-electron chi connectivity index (χ2n) is 4.23. The molecule has 1 atom stereocenters. The number of alkyl halides is 3. The van der Waals surface area contributed by atoms with Crippen LogP contribution in [0.1, 0.15) is 24.2 Å². The van der Waals surface area contributed by atoms with E-state index in [1.165, 1.54) is 18.3 Å². The van der Waals surface area contributed by atoms with Gasteiger partial charge in [-0.2, -0.15) is 13.2 Å². The summed E-state index contributed by atoms with van der Waals surface area (Å²) in [6.45, 7) is 1.62. The number of aromatic nitrogens is 1. The van der Waals surface area contributed by atoms with E-state index >= 15 is 0 Å². The minimum Gasteiger partial charge on any atom is -0.389 e. The number of nitrogens with zero attached hydrogens (tertiary/aromatic N) is 1. The van der Waals surface area contributed by atoms with E-state index in [4.69, 9.17) is 0 Å². The average molecular weight is 267 g/mol. The number of aliphatic hydroxyl groups is 1. The van der Waals surface area contributed by atoms with Gasteiger partial charge >= 0.3 is 6.18 Å². The predicted molar refractivity (Wildman–Crippen MR) is 65.3 cm³/mol. The lowest BCUT2D eigenvalue weighted by Gasteiger charge is -2.08. The molecule has 1 aromatic heterocycles. The first-order valence-electron chi connectivity index (χ1n) is 5.69. The number of aliphatic hydroxyl groups excluding tert-OH is 1. The zero-order chi connectivity index (χ0) is 14.0. The van der Waals surface area contributed by atoms with E-state index in [-0.39, 0.29) is 0 Å². The number of rotatable bonds is 2. The zero-order valence-electron chi connectivity index (χ0n) is 10.1. The molecule has 0 saturated heterocycles. The van der Waals surface area contributed by atoms with Crippen molar-refractivity contribution in [2.45, 2.75) is 19.2 Å². The molecular weight excluding hydrogens is 255 g/mol. The summed E-state index contributed by atoms with van der Waals surface area (Å²) < 4.78 is 37.3. The minimum atomic E-state index is -4.33. The maximum Gasteiger partial charge on any atom is 0.416 e. The lowest BCUT2D eigenvalue weighted by atomic mass is 10.1. The van der Waals surface area contributed by atoms with Gasteiger partial charge < -0.3 is 5.11 Å². The molecular formula is C14H12F3NO. The number of benzene rings is 1. The van der Waals surface area contributed by atoms with Gasteiger partial charge in [0, 0.05) is 11.8 Å². The van der Waals surface area contributed by atoms with Gasteiger partial charge in [0.2, 0.25) is 0 Å². The molecule has 0 aliphatic carbocycles. The van der Waals surface area contributed by atoms with Crippen molar-refractivity contribution in [3.05, 3.63) is 53.7 Å². The van der Waals surface area contributed by atoms with Crippen molar-refractivity contribution in [3.8, 4) is 11.3 Å². The SMILES string of the molecule is C[C@H](O)c1ccc(-c2ccc(C(F)(F)F)cc2)nc1. The molecule has 0 unspecified atom stereocenters. The number of hydrogen-bond donors (Lipinski definition) is 1. The van der Waals surface area contributed by atoms with E-state index in [0.717, 1.165) is 12.1 Å². The summed E-state index contributed by atoms with van der Waals surface area (Å²) in [4.78, 5) is 4.12. The van der Waals surface area contributed by atoms with Gasteiger partial charge in [0.1, 0.15) is 0 Å². The van der Waals surface area contributed by atoms with Gasteiger partial charge in [0.05, 0.1) is 17.4 Å². The summed E-state index contributed by atoms with van der Waals surface area (Å²) in [7, 11) is 0. The third kappa shape index (κ3) is 3.12. The second kappa shape index (κ2) is 5.01. The van der Waals surface area contributed by atoms with Crippen molar-refractivity contribution >= 4 is 0 Å².